The Labute approximate surface area is 165 Å². The van der Waals surface area contributed by atoms with Crippen molar-refractivity contribution >= 4 is 24.3 Å². The van der Waals surface area contributed by atoms with Crippen LogP contribution in [0, 0.1) is 5.92 Å². The van der Waals surface area contributed by atoms with Crippen molar-refractivity contribution < 1.29 is 29.4 Å². The SMILES string of the molecule is CCCCCCC(CCCC)C(=O)O.C[N+](C)(C)C[C@H](O)CC(=O)[O-].Cl. The lowest BCUT2D eigenvalue weighted by atomic mass is 9.95. The van der Waals surface area contributed by atoms with Crippen LogP contribution in [0.25, 0.3) is 0 Å². The van der Waals surface area contributed by atoms with E-state index in [1.165, 1.54) is 19.3 Å². The molecule has 0 bridgehead atoms. The zero-order chi connectivity index (χ0) is 19.9. The minimum atomic E-state index is -1.20. The number of aliphatic hydroxyl groups excluding tert-OH is 1. The third-order valence-electron chi connectivity index (χ3n) is 3.82. The van der Waals surface area contributed by atoms with Crippen molar-refractivity contribution in [3.05, 3.63) is 0 Å². The number of carbonyl (C=O) groups excluding carboxylic acids is 1. The Kier molecular flexibility index (Phi) is 20.2. The lowest BCUT2D eigenvalue weighted by molar-refractivity contribution is -0.873. The second kappa shape index (κ2) is 17.6. The summed E-state index contributed by atoms with van der Waals surface area (Å²) < 4.78 is 0.550. The lowest BCUT2D eigenvalue weighted by Gasteiger charge is -2.26. The van der Waals surface area contributed by atoms with Crippen molar-refractivity contribution in [1.29, 1.82) is 0 Å². The van der Waals surface area contributed by atoms with Gasteiger partial charge in [0.05, 0.1) is 27.1 Å². The van der Waals surface area contributed by atoms with Crippen LogP contribution in [-0.4, -0.2) is 60.4 Å². The predicted molar refractivity (Wildman–Crippen MR) is 105 cm³/mol. The predicted octanol–water partition coefficient (Wildman–Crippen LogP) is 2.46. The first-order valence-corrected chi connectivity index (χ1v) is 9.44. The first kappa shape index (κ1) is 29.9. The van der Waals surface area contributed by atoms with Crippen LogP contribution in [0.4, 0.5) is 0 Å². The van der Waals surface area contributed by atoms with Gasteiger partial charge >= 0.3 is 5.97 Å². The minimum Gasteiger partial charge on any atom is -0.550 e. The minimum absolute atomic E-state index is 0. The Morgan fingerprint density at radius 3 is 1.85 bits per heavy atom. The van der Waals surface area contributed by atoms with E-state index >= 15 is 0 Å². The summed E-state index contributed by atoms with van der Waals surface area (Å²) in [6, 6.07) is 0. The van der Waals surface area contributed by atoms with Gasteiger partial charge in [0.1, 0.15) is 12.6 Å². The number of likely N-dealkylation sites (N-methyl/N-ethyl adjacent to an activating group) is 1. The summed E-state index contributed by atoms with van der Waals surface area (Å²) in [6.45, 7) is 4.70. The number of unbranched alkanes of at least 4 members (excludes halogenated alkanes) is 4. The molecule has 0 amide bonds. The maximum Gasteiger partial charge on any atom is 0.306 e. The first-order chi connectivity index (χ1) is 11.5. The van der Waals surface area contributed by atoms with E-state index in [0.29, 0.717) is 11.0 Å². The van der Waals surface area contributed by atoms with Crippen molar-refractivity contribution in [3.63, 3.8) is 0 Å². The van der Waals surface area contributed by atoms with E-state index in [1.807, 2.05) is 21.1 Å². The number of quaternary nitrogens is 1. The fourth-order valence-electron chi connectivity index (χ4n) is 2.55. The van der Waals surface area contributed by atoms with Gasteiger partial charge in [0.2, 0.25) is 0 Å². The summed E-state index contributed by atoms with van der Waals surface area (Å²) in [5, 5.41) is 28.1. The van der Waals surface area contributed by atoms with Crippen LogP contribution < -0.4 is 5.11 Å². The highest BCUT2D eigenvalue weighted by atomic mass is 35.5. The number of carbonyl (C=O) groups is 2. The van der Waals surface area contributed by atoms with E-state index in [4.69, 9.17) is 10.2 Å². The van der Waals surface area contributed by atoms with Crippen LogP contribution >= 0.6 is 12.4 Å². The normalized spacial score (nSPS) is 13.0. The molecule has 0 heterocycles. The van der Waals surface area contributed by atoms with Crippen LogP contribution in [0.15, 0.2) is 0 Å². The number of aliphatic carboxylic acids is 2. The van der Waals surface area contributed by atoms with Crippen molar-refractivity contribution in [2.45, 2.75) is 77.7 Å². The molecule has 2 atom stereocenters. The van der Waals surface area contributed by atoms with E-state index in [2.05, 4.69) is 13.8 Å². The number of nitrogens with zero attached hydrogens (tertiary/aromatic N) is 1. The quantitative estimate of drug-likeness (QED) is 0.367. The highest BCUT2D eigenvalue weighted by Crippen LogP contribution is 2.17. The van der Waals surface area contributed by atoms with Gasteiger partial charge in [-0.1, -0.05) is 52.4 Å². The Bertz CT molecular complexity index is 358. The van der Waals surface area contributed by atoms with Gasteiger partial charge in [-0.15, -0.1) is 12.4 Å². The Balaban J connectivity index is -0.000000402. The molecule has 0 aliphatic rings. The molecule has 26 heavy (non-hydrogen) atoms. The van der Waals surface area contributed by atoms with Gasteiger partial charge in [-0.25, -0.2) is 0 Å². The number of aliphatic hydroxyl groups is 1. The molecule has 0 radical (unpaired) electrons. The van der Waals surface area contributed by atoms with Crippen LogP contribution in [0.2, 0.25) is 0 Å². The summed E-state index contributed by atoms with van der Waals surface area (Å²) >= 11 is 0. The molecule has 0 spiro atoms. The van der Waals surface area contributed by atoms with E-state index in [0.717, 1.165) is 32.1 Å². The van der Waals surface area contributed by atoms with Gasteiger partial charge in [-0.05, 0) is 12.8 Å². The standard InChI is InChI=1S/C12H24O2.C7H15NO3.ClH/c1-3-5-7-8-10-11(12(13)14)9-6-4-2;1-8(2,3)5-6(9)4-7(10)11;/h11H,3-10H2,1-2H3,(H,13,14);6,9H,4-5H2,1-3H3;1H/t;6-;/m.1./s1. The molecule has 1 unspecified atom stereocenters. The van der Waals surface area contributed by atoms with Crippen LogP contribution in [-0.2, 0) is 9.59 Å². The van der Waals surface area contributed by atoms with Gasteiger partial charge in [0, 0.05) is 12.4 Å². The van der Waals surface area contributed by atoms with Crippen LogP contribution in [0.5, 0.6) is 0 Å². The third kappa shape index (κ3) is 23.1. The molecular formula is C19H40ClNO5. The largest absolute Gasteiger partial charge is 0.550 e. The highest BCUT2D eigenvalue weighted by molar-refractivity contribution is 5.85. The van der Waals surface area contributed by atoms with Gasteiger partial charge in [0.15, 0.2) is 0 Å². The Morgan fingerprint density at radius 2 is 1.46 bits per heavy atom. The smallest absolute Gasteiger partial charge is 0.306 e. The summed E-state index contributed by atoms with van der Waals surface area (Å²) in [4.78, 5) is 20.9. The van der Waals surface area contributed by atoms with Gasteiger partial charge in [0.25, 0.3) is 0 Å². The molecule has 0 aromatic heterocycles. The van der Waals surface area contributed by atoms with Crippen LogP contribution in [0.1, 0.15) is 71.6 Å². The third-order valence-corrected chi connectivity index (χ3v) is 3.82. The Morgan fingerprint density at radius 1 is 0.962 bits per heavy atom. The van der Waals surface area contributed by atoms with Crippen LogP contribution in [0.3, 0.4) is 0 Å². The molecule has 0 aliphatic heterocycles. The highest BCUT2D eigenvalue weighted by Gasteiger charge is 2.16. The molecule has 0 aliphatic carbocycles. The van der Waals surface area contributed by atoms with Crippen molar-refractivity contribution in [3.8, 4) is 0 Å². The summed E-state index contributed by atoms with van der Waals surface area (Å²) in [5.74, 6) is -1.90. The molecule has 0 saturated carbocycles. The Hall–Kier alpha value is -0.850. The summed E-state index contributed by atoms with van der Waals surface area (Å²) in [5.41, 5.74) is 0. The molecule has 2 N–H and O–H groups in total. The van der Waals surface area contributed by atoms with Gasteiger partial charge < -0.3 is 24.6 Å². The van der Waals surface area contributed by atoms with Gasteiger partial charge in [-0.3, -0.25) is 4.79 Å². The number of carboxylic acid groups (broad SMARTS) is 2. The molecule has 158 valence electrons. The summed E-state index contributed by atoms with van der Waals surface area (Å²) in [6.07, 6.45) is 7.50. The topological polar surface area (TPSA) is 97.7 Å². The monoisotopic (exact) mass is 397 g/mol. The molecule has 0 aromatic carbocycles. The average molecular weight is 398 g/mol. The van der Waals surface area contributed by atoms with Crippen molar-refractivity contribution in [1.82, 2.24) is 0 Å². The van der Waals surface area contributed by atoms with Crippen molar-refractivity contribution in [2.24, 2.45) is 5.92 Å². The zero-order valence-electron chi connectivity index (χ0n) is 17.2. The number of hydrogen-bond donors (Lipinski definition) is 2. The van der Waals surface area contributed by atoms with E-state index in [1.54, 1.807) is 0 Å². The molecule has 0 aromatic rings. The average Bonchev–Trinajstić information content (AvgIpc) is 2.44. The van der Waals surface area contributed by atoms with E-state index in [-0.39, 0.29) is 24.7 Å². The fraction of sp³-hybridized carbons (Fsp3) is 0.895. The summed E-state index contributed by atoms with van der Waals surface area (Å²) in [7, 11) is 5.66. The van der Waals surface area contributed by atoms with E-state index < -0.39 is 18.0 Å². The maximum atomic E-state index is 10.9. The molecule has 0 rings (SSSR count). The molecule has 0 fully saturated rings. The number of rotatable bonds is 13. The second-order valence-corrected chi connectivity index (χ2v) is 7.73. The van der Waals surface area contributed by atoms with Gasteiger partial charge in [-0.2, -0.15) is 0 Å². The lowest BCUT2D eigenvalue weighted by Crippen LogP contribution is -2.43. The fourth-order valence-corrected chi connectivity index (χ4v) is 2.55. The van der Waals surface area contributed by atoms with E-state index in [9.17, 15) is 14.7 Å². The van der Waals surface area contributed by atoms with Crippen molar-refractivity contribution in [2.75, 3.05) is 27.7 Å². The molecular weight excluding hydrogens is 358 g/mol. The zero-order valence-corrected chi connectivity index (χ0v) is 18.0. The molecule has 6 nitrogen and oxygen atoms in total. The molecule has 7 heteroatoms. The number of carboxylic acids is 2. The maximum absolute atomic E-state index is 10.9. The number of hydrogen-bond acceptors (Lipinski definition) is 4. The number of halogens is 1. The second-order valence-electron chi connectivity index (χ2n) is 7.73. The molecule has 0 saturated heterocycles. The first-order valence-electron chi connectivity index (χ1n) is 9.44.